The highest BCUT2D eigenvalue weighted by Gasteiger charge is 2.13. The van der Waals surface area contributed by atoms with Gasteiger partial charge in [0.2, 0.25) is 0 Å². The Morgan fingerprint density at radius 3 is 2.72 bits per heavy atom. The molecule has 2 aromatic carbocycles. The van der Waals surface area contributed by atoms with Crippen LogP contribution < -0.4 is 5.56 Å². The molecule has 0 N–H and O–H groups in total. The molecule has 5 nitrogen and oxygen atoms in total. The summed E-state index contributed by atoms with van der Waals surface area (Å²) in [6, 6.07) is 14.8. The van der Waals surface area contributed by atoms with E-state index in [4.69, 9.17) is 16.0 Å². The summed E-state index contributed by atoms with van der Waals surface area (Å²) in [5.74, 6) is 1.15. The van der Waals surface area contributed by atoms with E-state index in [1.807, 2.05) is 42.5 Å². The van der Waals surface area contributed by atoms with Gasteiger partial charge in [0, 0.05) is 26.9 Å². The molecule has 0 bridgehead atoms. The molecule has 0 atom stereocenters. The minimum Gasteiger partial charge on any atom is -0.447 e. The summed E-state index contributed by atoms with van der Waals surface area (Å²) in [6.45, 7) is 2.10. The van der Waals surface area contributed by atoms with Crippen LogP contribution in [0.4, 0.5) is 0 Å². The second-order valence-corrected chi connectivity index (χ2v) is 10.2. The predicted molar refractivity (Wildman–Crippen MR) is 137 cm³/mol. The lowest BCUT2D eigenvalue weighted by atomic mass is 10.2. The summed E-state index contributed by atoms with van der Waals surface area (Å²) in [5, 5.41) is 6.32. The number of hydrogen-bond acceptors (Lipinski definition) is 5. The van der Waals surface area contributed by atoms with Gasteiger partial charge in [0.05, 0.1) is 21.6 Å². The number of aryl methyl sites for hydroxylation is 1. The second kappa shape index (κ2) is 10.4. The Bertz CT molecular complexity index is 1350. The van der Waals surface area contributed by atoms with Crippen molar-refractivity contribution in [2.45, 2.75) is 36.2 Å². The van der Waals surface area contributed by atoms with Crippen LogP contribution in [-0.4, -0.2) is 15.9 Å². The minimum atomic E-state index is -0.208. The summed E-state index contributed by atoms with van der Waals surface area (Å²) >= 11 is 14.4. The topological polar surface area (TPSA) is 60.4 Å². The maximum atomic E-state index is 13.2. The largest absolute Gasteiger partial charge is 0.447 e. The number of furan rings is 1. The van der Waals surface area contributed by atoms with E-state index in [1.165, 1.54) is 16.4 Å². The van der Waals surface area contributed by atoms with E-state index >= 15 is 0 Å². The van der Waals surface area contributed by atoms with E-state index in [-0.39, 0.29) is 5.56 Å². The second-order valence-electron chi connectivity index (χ2n) is 6.99. The van der Waals surface area contributed by atoms with Gasteiger partial charge in [-0.25, -0.2) is 4.98 Å². The van der Waals surface area contributed by atoms with Gasteiger partial charge in [-0.3, -0.25) is 4.79 Å². The molecule has 2 heterocycles. The van der Waals surface area contributed by atoms with E-state index in [0.717, 1.165) is 26.7 Å². The van der Waals surface area contributed by atoms with Crippen molar-refractivity contribution >= 4 is 72.3 Å². The van der Waals surface area contributed by atoms with Crippen LogP contribution in [0.3, 0.4) is 0 Å². The zero-order valence-electron chi connectivity index (χ0n) is 17.0. The van der Waals surface area contributed by atoms with Gasteiger partial charge in [0.25, 0.3) is 5.56 Å². The Hall–Kier alpha value is -1.87. The van der Waals surface area contributed by atoms with E-state index < -0.39 is 0 Å². The number of fused-ring (bicyclic) bond motifs is 1. The van der Waals surface area contributed by atoms with Crippen LogP contribution in [0, 0.1) is 0 Å². The SMILES string of the molecule is CCCCc1nc2ccc(Br)cc2c(=O)n1N=Cc1cc(Br)c(Sc2ccc(Cl)cc2)o1. The van der Waals surface area contributed by atoms with Crippen molar-refractivity contribution in [3.63, 3.8) is 0 Å². The molecule has 0 saturated heterocycles. The molecule has 0 radical (unpaired) electrons. The molecule has 9 heteroatoms. The Morgan fingerprint density at radius 1 is 1.19 bits per heavy atom. The smallest absolute Gasteiger partial charge is 0.282 e. The molecule has 0 fully saturated rings. The number of nitrogens with zero attached hydrogens (tertiary/aromatic N) is 3. The average molecular weight is 596 g/mol. The molecule has 0 aliphatic rings. The van der Waals surface area contributed by atoms with Gasteiger partial charge in [-0.1, -0.05) is 52.6 Å². The third kappa shape index (κ3) is 5.36. The Kier molecular flexibility index (Phi) is 7.55. The lowest BCUT2D eigenvalue weighted by Gasteiger charge is -2.08. The fourth-order valence-corrected chi connectivity index (χ4v) is 4.85. The molecule has 164 valence electrons. The fourth-order valence-electron chi connectivity index (χ4n) is 3.04. The van der Waals surface area contributed by atoms with Crippen molar-refractivity contribution in [3.05, 3.63) is 84.4 Å². The first-order valence-electron chi connectivity index (χ1n) is 9.93. The third-order valence-electron chi connectivity index (χ3n) is 4.63. The number of hydrogen-bond donors (Lipinski definition) is 0. The Morgan fingerprint density at radius 2 is 1.97 bits per heavy atom. The molecule has 0 saturated carbocycles. The van der Waals surface area contributed by atoms with Crippen LogP contribution in [-0.2, 0) is 6.42 Å². The Labute approximate surface area is 211 Å². The summed E-state index contributed by atoms with van der Waals surface area (Å²) in [5.41, 5.74) is 0.457. The first-order valence-corrected chi connectivity index (χ1v) is 12.7. The summed E-state index contributed by atoms with van der Waals surface area (Å²) < 4.78 is 8.92. The summed E-state index contributed by atoms with van der Waals surface area (Å²) in [7, 11) is 0. The van der Waals surface area contributed by atoms with Crippen LogP contribution in [0.2, 0.25) is 5.02 Å². The number of rotatable bonds is 7. The molecule has 0 amide bonds. The van der Waals surface area contributed by atoms with E-state index in [0.29, 0.717) is 39.0 Å². The van der Waals surface area contributed by atoms with Crippen molar-refractivity contribution in [1.82, 2.24) is 9.66 Å². The monoisotopic (exact) mass is 593 g/mol. The lowest BCUT2D eigenvalue weighted by molar-refractivity contribution is 0.465. The highest BCUT2D eigenvalue weighted by Crippen LogP contribution is 2.36. The maximum absolute atomic E-state index is 13.2. The van der Waals surface area contributed by atoms with Gasteiger partial charge in [-0.15, -0.1) is 0 Å². The van der Waals surface area contributed by atoms with E-state index in [1.54, 1.807) is 12.3 Å². The molecule has 0 unspecified atom stereocenters. The number of aromatic nitrogens is 2. The van der Waals surface area contributed by atoms with Gasteiger partial charge in [-0.05, 0) is 64.8 Å². The summed E-state index contributed by atoms with van der Waals surface area (Å²) in [4.78, 5) is 18.8. The zero-order chi connectivity index (χ0) is 22.7. The molecule has 0 spiro atoms. The fraction of sp³-hybridized carbons (Fsp3) is 0.174. The van der Waals surface area contributed by atoms with Crippen LogP contribution in [0.25, 0.3) is 10.9 Å². The summed E-state index contributed by atoms with van der Waals surface area (Å²) in [6.07, 6.45) is 4.11. The van der Waals surface area contributed by atoms with Crippen molar-refractivity contribution in [1.29, 1.82) is 0 Å². The molecule has 0 aliphatic heterocycles. The van der Waals surface area contributed by atoms with Gasteiger partial charge in [0.15, 0.2) is 5.09 Å². The standard InChI is InChI=1S/C23H18Br2ClN3O2S/c1-2-3-4-21-28-20-10-5-14(24)11-18(20)22(30)29(21)27-13-16-12-19(25)23(31-16)32-17-8-6-15(26)7-9-17/h5-13H,2-4H2,1H3. The van der Waals surface area contributed by atoms with Gasteiger partial charge >= 0.3 is 0 Å². The minimum absolute atomic E-state index is 0.208. The normalized spacial score (nSPS) is 11.6. The third-order valence-corrected chi connectivity index (χ3v) is 7.22. The molecule has 4 rings (SSSR count). The molecular formula is C23H18Br2ClN3O2S. The van der Waals surface area contributed by atoms with Gasteiger partial charge in [-0.2, -0.15) is 9.78 Å². The maximum Gasteiger partial charge on any atom is 0.282 e. The first-order chi connectivity index (χ1) is 15.4. The van der Waals surface area contributed by atoms with Crippen molar-refractivity contribution in [3.8, 4) is 0 Å². The van der Waals surface area contributed by atoms with Crippen molar-refractivity contribution < 1.29 is 4.42 Å². The van der Waals surface area contributed by atoms with Crippen LogP contribution in [0.1, 0.15) is 31.4 Å². The molecule has 32 heavy (non-hydrogen) atoms. The number of unbranched alkanes of at least 4 members (excludes halogenated alkanes) is 1. The van der Waals surface area contributed by atoms with E-state index in [2.05, 4.69) is 48.9 Å². The number of benzene rings is 2. The van der Waals surface area contributed by atoms with Crippen molar-refractivity contribution in [2.75, 3.05) is 0 Å². The number of halogens is 3. The van der Waals surface area contributed by atoms with Gasteiger partial charge < -0.3 is 4.42 Å². The Balaban J connectivity index is 1.67. The van der Waals surface area contributed by atoms with Gasteiger partial charge in [0.1, 0.15) is 11.6 Å². The van der Waals surface area contributed by atoms with Crippen molar-refractivity contribution in [2.24, 2.45) is 5.10 Å². The lowest BCUT2D eigenvalue weighted by Crippen LogP contribution is -2.22. The molecule has 0 aliphatic carbocycles. The highest BCUT2D eigenvalue weighted by atomic mass is 79.9. The predicted octanol–water partition coefficient (Wildman–Crippen LogP) is 7.54. The van der Waals surface area contributed by atoms with Crippen LogP contribution in [0.15, 0.2) is 81.8 Å². The molecular weight excluding hydrogens is 578 g/mol. The first kappa shape index (κ1) is 23.3. The average Bonchev–Trinajstić information content (AvgIpc) is 3.13. The van der Waals surface area contributed by atoms with E-state index in [9.17, 15) is 4.79 Å². The van der Waals surface area contributed by atoms with Crippen LogP contribution >= 0.6 is 55.2 Å². The zero-order valence-corrected chi connectivity index (χ0v) is 21.8. The van der Waals surface area contributed by atoms with Crippen LogP contribution in [0.5, 0.6) is 0 Å². The molecule has 4 aromatic rings. The quantitative estimate of drug-likeness (QED) is 0.207. The highest BCUT2D eigenvalue weighted by molar-refractivity contribution is 9.10. The molecule has 2 aromatic heterocycles.